The summed E-state index contributed by atoms with van der Waals surface area (Å²) in [6, 6.07) is 17.1. The number of nitrogens with one attached hydrogen (secondary N) is 3. The van der Waals surface area contributed by atoms with E-state index < -0.39 is 0 Å². The van der Waals surface area contributed by atoms with Crippen molar-refractivity contribution in [3.05, 3.63) is 66.1 Å². The fourth-order valence-electron chi connectivity index (χ4n) is 2.86. The Morgan fingerprint density at radius 3 is 2.74 bits per heavy atom. The summed E-state index contributed by atoms with van der Waals surface area (Å²) in [5.74, 6) is 1.43. The summed E-state index contributed by atoms with van der Waals surface area (Å²) in [5, 5.41) is 9.88. The van der Waals surface area contributed by atoms with Gasteiger partial charge in [-0.25, -0.2) is 4.98 Å². The van der Waals surface area contributed by atoms with E-state index >= 15 is 0 Å². The van der Waals surface area contributed by atoms with Crippen LogP contribution in [0.25, 0.3) is 22.3 Å². The fourth-order valence-corrected chi connectivity index (χ4v) is 2.86. The second-order valence-electron chi connectivity index (χ2n) is 6.10. The van der Waals surface area contributed by atoms with Crippen LogP contribution in [0.2, 0.25) is 0 Å². The minimum absolute atomic E-state index is 0.196. The van der Waals surface area contributed by atoms with Gasteiger partial charge in [-0.15, -0.1) is 0 Å². The number of carbonyl (C=O) groups is 1. The van der Waals surface area contributed by atoms with Crippen molar-refractivity contribution in [2.75, 3.05) is 13.7 Å². The molecular weight excluding hydrogens is 342 g/mol. The number of aromatic amines is 2. The number of nitrogens with zero attached hydrogens (tertiary/aromatic N) is 2. The molecule has 3 N–H and O–H groups in total. The van der Waals surface area contributed by atoms with Gasteiger partial charge in [0.1, 0.15) is 17.3 Å². The highest BCUT2D eigenvalue weighted by molar-refractivity contribution is 5.93. The van der Waals surface area contributed by atoms with Crippen molar-refractivity contribution in [3.63, 3.8) is 0 Å². The lowest BCUT2D eigenvalue weighted by Crippen LogP contribution is -2.26. The summed E-state index contributed by atoms with van der Waals surface area (Å²) < 4.78 is 5.15. The Morgan fingerprint density at radius 1 is 1.15 bits per heavy atom. The number of amides is 1. The molecule has 0 fully saturated rings. The van der Waals surface area contributed by atoms with E-state index in [4.69, 9.17) is 4.74 Å². The Morgan fingerprint density at radius 2 is 1.96 bits per heavy atom. The molecule has 2 aromatic heterocycles. The lowest BCUT2D eigenvalue weighted by Gasteiger charge is -2.01. The molecule has 0 aliphatic heterocycles. The molecule has 0 saturated heterocycles. The van der Waals surface area contributed by atoms with Gasteiger partial charge in [-0.3, -0.25) is 9.89 Å². The van der Waals surface area contributed by atoms with Gasteiger partial charge in [-0.2, -0.15) is 5.10 Å². The highest BCUT2D eigenvalue weighted by atomic mass is 16.5. The molecule has 4 rings (SSSR count). The van der Waals surface area contributed by atoms with Crippen molar-refractivity contribution in [2.45, 2.75) is 6.42 Å². The average molecular weight is 361 g/mol. The van der Waals surface area contributed by atoms with Crippen LogP contribution in [-0.4, -0.2) is 39.7 Å². The van der Waals surface area contributed by atoms with Crippen molar-refractivity contribution < 1.29 is 9.53 Å². The lowest BCUT2D eigenvalue weighted by molar-refractivity contribution is 0.0949. The summed E-state index contributed by atoms with van der Waals surface area (Å²) in [7, 11) is 1.62. The molecule has 7 heteroatoms. The predicted molar refractivity (Wildman–Crippen MR) is 103 cm³/mol. The number of ether oxygens (including phenoxy) is 1. The van der Waals surface area contributed by atoms with Crippen LogP contribution in [0.15, 0.2) is 54.6 Å². The number of hydrogen-bond donors (Lipinski definition) is 3. The predicted octanol–water partition coefficient (Wildman–Crippen LogP) is 2.93. The third kappa shape index (κ3) is 3.67. The molecule has 0 atom stereocenters. The van der Waals surface area contributed by atoms with E-state index in [2.05, 4.69) is 25.5 Å². The van der Waals surface area contributed by atoms with Gasteiger partial charge in [0.2, 0.25) is 0 Å². The van der Waals surface area contributed by atoms with Gasteiger partial charge >= 0.3 is 0 Å². The number of methoxy groups -OCH3 is 1. The van der Waals surface area contributed by atoms with Crippen LogP contribution in [0.1, 0.15) is 16.3 Å². The number of hydrogen-bond acceptors (Lipinski definition) is 4. The average Bonchev–Trinajstić information content (AvgIpc) is 3.35. The highest BCUT2D eigenvalue weighted by Gasteiger charge is 2.11. The number of para-hydroxylation sites is 2. The van der Waals surface area contributed by atoms with E-state index in [-0.39, 0.29) is 5.91 Å². The van der Waals surface area contributed by atoms with Crippen LogP contribution in [0.4, 0.5) is 0 Å². The van der Waals surface area contributed by atoms with Gasteiger partial charge in [0, 0.05) is 18.5 Å². The number of aromatic nitrogens is 4. The van der Waals surface area contributed by atoms with Gasteiger partial charge in [-0.1, -0.05) is 12.1 Å². The van der Waals surface area contributed by atoms with Crippen LogP contribution in [0.3, 0.4) is 0 Å². The molecule has 27 heavy (non-hydrogen) atoms. The molecule has 0 spiro atoms. The quantitative estimate of drug-likeness (QED) is 0.492. The number of imidazole rings is 1. The zero-order valence-electron chi connectivity index (χ0n) is 14.8. The minimum atomic E-state index is -0.196. The van der Waals surface area contributed by atoms with Crippen molar-refractivity contribution in [1.82, 2.24) is 25.5 Å². The molecule has 0 radical (unpaired) electrons. The molecule has 2 heterocycles. The largest absolute Gasteiger partial charge is 0.497 e. The van der Waals surface area contributed by atoms with Gasteiger partial charge in [0.15, 0.2) is 0 Å². The zero-order chi connectivity index (χ0) is 18.6. The molecule has 136 valence electrons. The van der Waals surface area contributed by atoms with Crippen molar-refractivity contribution >= 4 is 16.9 Å². The van der Waals surface area contributed by atoms with Gasteiger partial charge in [-0.05, 0) is 42.5 Å². The molecule has 0 aliphatic rings. The van der Waals surface area contributed by atoms with E-state index in [1.54, 1.807) is 13.2 Å². The van der Waals surface area contributed by atoms with Gasteiger partial charge < -0.3 is 15.0 Å². The van der Waals surface area contributed by atoms with Crippen molar-refractivity contribution in [1.29, 1.82) is 0 Å². The van der Waals surface area contributed by atoms with Crippen LogP contribution in [-0.2, 0) is 6.42 Å². The van der Waals surface area contributed by atoms with Crippen LogP contribution >= 0.6 is 0 Å². The SMILES string of the molecule is COc1ccc(-c2cc(C(=O)NCCc3nc4ccccc4[nH]3)[nH]n2)cc1. The lowest BCUT2D eigenvalue weighted by atomic mass is 10.1. The van der Waals surface area contributed by atoms with E-state index in [9.17, 15) is 4.79 Å². The first kappa shape index (κ1) is 16.8. The van der Waals surface area contributed by atoms with E-state index in [1.165, 1.54) is 0 Å². The normalized spacial score (nSPS) is 10.9. The fraction of sp³-hybridized carbons (Fsp3) is 0.150. The molecular formula is C20H19N5O2. The topological polar surface area (TPSA) is 95.7 Å². The van der Waals surface area contributed by atoms with Crippen LogP contribution < -0.4 is 10.1 Å². The maximum atomic E-state index is 12.3. The van der Waals surface area contributed by atoms with Crippen LogP contribution in [0.5, 0.6) is 5.75 Å². The summed E-state index contributed by atoms with van der Waals surface area (Å²) in [6.07, 6.45) is 0.625. The first-order valence-electron chi connectivity index (χ1n) is 8.64. The number of H-pyrrole nitrogens is 2. The van der Waals surface area contributed by atoms with Gasteiger partial charge in [0.05, 0.1) is 23.8 Å². The Balaban J connectivity index is 1.36. The second-order valence-corrected chi connectivity index (χ2v) is 6.10. The van der Waals surface area contributed by atoms with E-state index in [1.807, 2.05) is 48.5 Å². The Hall–Kier alpha value is -3.61. The van der Waals surface area contributed by atoms with Crippen molar-refractivity contribution in [3.8, 4) is 17.0 Å². The van der Waals surface area contributed by atoms with Crippen LogP contribution in [0, 0.1) is 0 Å². The number of benzene rings is 2. The molecule has 1 amide bonds. The summed E-state index contributed by atoms with van der Waals surface area (Å²) in [4.78, 5) is 20.1. The first-order valence-corrected chi connectivity index (χ1v) is 8.64. The molecule has 0 bridgehead atoms. The first-order chi connectivity index (χ1) is 13.2. The Kier molecular flexibility index (Phi) is 4.57. The number of rotatable bonds is 6. The third-order valence-corrected chi connectivity index (χ3v) is 4.29. The minimum Gasteiger partial charge on any atom is -0.497 e. The maximum Gasteiger partial charge on any atom is 0.269 e. The molecule has 2 aromatic carbocycles. The Labute approximate surface area is 155 Å². The molecule has 0 saturated carbocycles. The van der Waals surface area contributed by atoms with E-state index in [0.717, 1.165) is 28.2 Å². The highest BCUT2D eigenvalue weighted by Crippen LogP contribution is 2.21. The maximum absolute atomic E-state index is 12.3. The molecule has 0 aliphatic carbocycles. The molecule has 4 aromatic rings. The number of carbonyl (C=O) groups excluding carboxylic acids is 1. The zero-order valence-corrected chi connectivity index (χ0v) is 14.8. The number of fused-ring (bicyclic) bond motifs is 1. The monoisotopic (exact) mass is 361 g/mol. The molecule has 7 nitrogen and oxygen atoms in total. The second kappa shape index (κ2) is 7.33. The smallest absolute Gasteiger partial charge is 0.269 e. The third-order valence-electron chi connectivity index (χ3n) is 4.29. The van der Waals surface area contributed by atoms with Crippen molar-refractivity contribution in [2.24, 2.45) is 0 Å². The van der Waals surface area contributed by atoms with E-state index in [0.29, 0.717) is 24.4 Å². The summed E-state index contributed by atoms with van der Waals surface area (Å²) >= 11 is 0. The summed E-state index contributed by atoms with van der Waals surface area (Å²) in [6.45, 7) is 0.482. The Bertz CT molecular complexity index is 1030. The summed E-state index contributed by atoms with van der Waals surface area (Å²) in [5.41, 5.74) is 3.96. The van der Waals surface area contributed by atoms with Gasteiger partial charge in [0.25, 0.3) is 5.91 Å². The standard InChI is InChI=1S/C20H19N5O2/c1-27-14-8-6-13(7-9-14)17-12-18(25-24-17)20(26)21-11-10-19-22-15-4-2-3-5-16(15)23-19/h2-9,12H,10-11H2,1H3,(H,21,26)(H,22,23)(H,24,25). The molecule has 0 unspecified atom stereocenters.